The molecule has 3 heteroatoms. The van der Waals surface area contributed by atoms with E-state index in [1.165, 1.54) is 0 Å². The first-order valence-electron chi connectivity index (χ1n) is 2.95. The Bertz CT molecular complexity index is 101. The first kappa shape index (κ1) is 5.85. The minimum atomic E-state index is -0.599. The average Bonchev–Trinajstić information content (AvgIpc) is 1.98. The molecular weight excluding hydrogens is 116 g/mol. The second kappa shape index (κ2) is 1.91. The molecule has 0 spiro atoms. The summed E-state index contributed by atoms with van der Waals surface area (Å²) < 4.78 is 3.93. The normalized spacial score (nSPS) is 36.6. The smallest absolute Gasteiger partial charge is 0.358 e. The Kier molecular flexibility index (Phi) is 1.40. The van der Waals surface area contributed by atoms with E-state index in [9.17, 15) is 0 Å². The molecule has 0 radical (unpaired) electrons. The number of hydrogen-bond donors (Lipinski definition) is 1. The molecule has 1 heterocycles. The summed E-state index contributed by atoms with van der Waals surface area (Å²) in [7, 11) is 3.78. The molecule has 0 saturated heterocycles. The fourth-order valence-electron chi connectivity index (χ4n) is 0.825. The third-order valence-corrected chi connectivity index (χ3v) is 4.75. The highest BCUT2D eigenvalue weighted by Crippen LogP contribution is 1.87. The van der Waals surface area contributed by atoms with Gasteiger partial charge in [0.2, 0.25) is 0 Å². The predicted octanol–water partition coefficient (Wildman–Crippen LogP) is -1.23. The molecule has 0 fully saturated rings. The van der Waals surface area contributed by atoms with Crippen molar-refractivity contribution in [1.82, 2.24) is 4.57 Å². The second-order valence-electron chi connectivity index (χ2n) is 2.40. The first-order chi connectivity index (χ1) is 3.72. The summed E-state index contributed by atoms with van der Waals surface area (Å²) >= 11 is 0. The van der Waals surface area contributed by atoms with Crippen LogP contribution in [0.25, 0.3) is 0 Å². The largest absolute Gasteiger partial charge is 0.381 e. The van der Waals surface area contributed by atoms with Crippen LogP contribution in [0.5, 0.6) is 0 Å². The molecule has 0 aromatic carbocycles. The lowest BCUT2D eigenvalue weighted by Gasteiger charge is -2.14. The molecular formula is C5H13N2Si+. The monoisotopic (exact) mass is 129 g/mol. The molecule has 0 aromatic rings. The molecule has 0 aromatic heterocycles. The molecule has 2 atom stereocenters. The van der Waals surface area contributed by atoms with Crippen LogP contribution in [0.3, 0.4) is 0 Å². The Labute approximate surface area is 52.2 Å². The van der Waals surface area contributed by atoms with Gasteiger partial charge < -0.3 is 9.13 Å². The van der Waals surface area contributed by atoms with Crippen LogP contribution in [0.1, 0.15) is 0 Å². The molecule has 1 rings (SSSR count). The van der Waals surface area contributed by atoms with Gasteiger partial charge in [-0.3, -0.25) is 0 Å². The van der Waals surface area contributed by atoms with Crippen molar-refractivity contribution < 1.29 is 4.57 Å². The third-order valence-electron chi connectivity index (χ3n) is 1.84. The van der Waals surface area contributed by atoms with Crippen LogP contribution in [0, 0.1) is 0 Å². The summed E-state index contributed by atoms with van der Waals surface area (Å²) in [4.78, 5) is 0. The van der Waals surface area contributed by atoms with Crippen LogP contribution in [-0.4, -0.2) is 27.8 Å². The van der Waals surface area contributed by atoms with Gasteiger partial charge >= 0.3 is 9.12 Å². The van der Waals surface area contributed by atoms with Crippen LogP contribution >= 0.6 is 0 Å². The van der Waals surface area contributed by atoms with Gasteiger partial charge in [-0.2, -0.15) is 0 Å². The van der Waals surface area contributed by atoms with Crippen molar-refractivity contribution in [2.24, 2.45) is 0 Å². The molecule has 0 bridgehead atoms. The number of rotatable bonds is 0. The quantitative estimate of drug-likeness (QED) is 0.402. The maximum Gasteiger partial charge on any atom is 0.381 e. The minimum absolute atomic E-state index is 0.599. The van der Waals surface area contributed by atoms with Crippen LogP contribution < -0.4 is 4.57 Å². The summed E-state index contributed by atoms with van der Waals surface area (Å²) in [6.45, 7) is 2.34. The van der Waals surface area contributed by atoms with Gasteiger partial charge in [0.1, 0.15) is 0 Å². The zero-order valence-electron chi connectivity index (χ0n) is 5.68. The molecule has 1 aliphatic heterocycles. The Morgan fingerprint density at radius 3 is 2.38 bits per heavy atom. The van der Waals surface area contributed by atoms with Crippen molar-refractivity contribution in [3.63, 3.8) is 0 Å². The number of nitrogens with zero attached hydrogens (tertiary/aromatic N) is 1. The lowest BCUT2D eigenvalue weighted by molar-refractivity contribution is -0.703. The van der Waals surface area contributed by atoms with Gasteiger partial charge in [-0.1, -0.05) is 0 Å². The summed E-state index contributed by atoms with van der Waals surface area (Å²) in [5, 5.41) is 0. The third kappa shape index (κ3) is 0.787. The van der Waals surface area contributed by atoms with Crippen LogP contribution in [0.15, 0.2) is 12.4 Å². The Hall–Kier alpha value is -0.283. The molecule has 2 nitrogen and oxygen atoms in total. The molecule has 2 unspecified atom stereocenters. The van der Waals surface area contributed by atoms with Gasteiger partial charge in [0.15, 0.2) is 0 Å². The Morgan fingerprint density at radius 2 is 2.25 bits per heavy atom. The van der Waals surface area contributed by atoms with Crippen LogP contribution in [0.2, 0.25) is 6.55 Å². The van der Waals surface area contributed by atoms with E-state index in [1.54, 1.807) is 4.57 Å². The highest BCUT2D eigenvalue weighted by molar-refractivity contribution is 6.45. The van der Waals surface area contributed by atoms with E-state index in [-0.39, 0.29) is 0 Å². The van der Waals surface area contributed by atoms with E-state index >= 15 is 0 Å². The molecule has 0 saturated carbocycles. The zero-order valence-corrected chi connectivity index (χ0v) is 6.83. The molecule has 0 amide bonds. The number of hydrogen-bond acceptors (Lipinski definition) is 1. The highest BCUT2D eigenvalue weighted by Gasteiger charge is 2.23. The summed E-state index contributed by atoms with van der Waals surface area (Å²) in [5.74, 6) is 0. The van der Waals surface area contributed by atoms with Crippen molar-refractivity contribution in [3.8, 4) is 0 Å². The van der Waals surface area contributed by atoms with Gasteiger partial charge in [0, 0.05) is 19.8 Å². The van der Waals surface area contributed by atoms with Crippen molar-refractivity contribution in [2.75, 3.05) is 14.1 Å². The fraction of sp³-hybridized carbons (Fsp3) is 0.600. The van der Waals surface area contributed by atoms with E-state index in [1.807, 2.05) is 0 Å². The Balaban J connectivity index is 2.55. The number of quaternary nitrogens is 1. The van der Waals surface area contributed by atoms with Crippen LogP contribution in [-0.2, 0) is 0 Å². The Morgan fingerprint density at radius 1 is 1.62 bits per heavy atom. The van der Waals surface area contributed by atoms with E-state index < -0.39 is 9.12 Å². The lowest BCUT2D eigenvalue weighted by Crippen LogP contribution is -3.10. The minimum Gasteiger partial charge on any atom is -0.358 e. The van der Waals surface area contributed by atoms with E-state index in [4.69, 9.17) is 0 Å². The average molecular weight is 129 g/mol. The maximum atomic E-state index is 2.34. The van der Waals surface area contributed by atoms with Gasteiger partial charge in [-0.25, -0.2) is 0 Å². The van der Waals surface area contributed by atoms with Crippen molar-refractivity contribution in [2.45, 2.75) is 6.55 Å². The van der Waals surface area contributed by atoms with E-state index in [2.05, 4.69) is 37.6 Å². The van der Waals surface area contributed by atoms with E-state index in [0.29, 0.717) is 0 Å². The maximum absolute atomic E-state index is 2.34. The molecule has 0 aliphatic carbocycles. The molecule has 1 N–H and O–H groups in total. The lowest BCUT2D eigenvalue weighted by atomic mass is 10.9. The standard InChI is InChI=1S/C5H12N2Si/c1-6-4-5-7(2)8(6)3/h4-5,8H,1-3H3/p+1. The zero-order chi connectivity index (χ0) is 6.15. The van der Waals surface area contributed by atoms with Crippen molar-refractivity contribution >= 4 is 9.12 Å². The molecule has 46 valence electrons. The molecule has 8 heavy (non-hydrogen) atoms. The van der Waals surface area contributed by atoms with Gasteiger partial charge in [0.25, 0.3) is 0 Å². The predicted molar refractivity (Wildman–Crippen MR) is 36.8 cm³/mol. The number of nitrogens with one attached hydrogen (secondary N) is 1. The van der Waals surface area contributed by atoms with E-state index in [0.717, 1.165) is 0 Å². The van der Waals surface area contributed by atoms with Gasteiger partial charge in [-0.05, 0) is 0 Å². The topological polar surface area (TPSA) is 7.68 Å². The SMILES string of the molecule is CN1C=C[NH+](C)[SiH]1C. The first-order valence-corrected chi connectivity index (χ1v) is 5.20. The van der Waals surface area contributed by atoms with Crippen LogP contribution in [0.4, 0.5) is 0 Å². The van der Waals surface area contributed by atoms with Crippen molar-refractivity contribution in [1.29, 1.82) is 0 Å². The fourth-order valence-corrected chi connectivity index (χ4v) is 2.18. The second-order valence-corrected chi connectivity index (χ2v) is 5.48. The van der Waals surface area contributed by atoms with Gasteiger partial charge in [-0.15, -0.1) is 0 Å². The van der Waals surface area contributed by atoms with Crippen molar-refractivity contribution in [3.05, 3.63) is 12.4 Å². The summed E-state index contributed by atoms with van der Waals surface area (Å²) in [6.07, 6.45) is 4.39. The summed E-state index contributed by atoms with van der Waals surface area (Å²) in [5.41, 5.74) is 0. The highest BCUT2D eigenvalue weighted by atomic mass is 28.3. The van der Waals surface area contributed by atoms with Gasteiger partial charge in [0.05, 0.1) is 13.2 Å². The molecule has 1 aliphatic rings. The summed E-state index contributed by atoms with van der Waals surface area (Å²) in [6, 6.07) is 0.